The maximum absolute atomic E-state index is 12.2. The average Bonchev–Trinajstić information content (AvgIpc) is 2.66. The number of aromatic hydroxyl groups is 2. The number of aryl methyl sites for hydroxylation is 1. The number of piperidine rings is 1. The number of likely N-dealkylation sites (tertiary alicyclic amines) is 1. The Morgan fingerprint density at radius 3 is 2.67 bits per heavy atom. The molecule has 2 unspecified atom stereocenters. The van der Waals surface area contributed by atoms with E-state index < -0.39 is 5.60 Å². The number of carbonyl (C=O) groups is 1. The molecule has 0 spiro atoms. The predicted molar refractivity (Wildman–Crippen MR) is 119 cm³/mol. The summed E-state index contributed by atoms with van der Waals surface area (Å²) in [6.45, 7) is 10.8. The van der Waals surface area contributed by atoms with Crippen molar-refractivity contribution >= 4 is 5.97 Å². The third-order valence-corrected chi connectivity index (χ3v) is 7.03. The zero-order valence-corrected chi connectivity index (χ0v) is 19.3. The SMILES string of the molecule is Cc1c(CCC(=O)OC(C)(C)C)cc(O)c(O)c1[C@@]12CCC=CC1C(C)N(C)CC2. The number of hydrogen-bond acceptors (Lipinski definition) is 5. The van der Waals surface area contributed by atoms with Gasteiger partial charge in [0.05, 0.1) is 0 Å². The van der Waals surface area contributed by atoms with E-state index >= 15 is 0 Å². The summed E-state index contributed by atoms with van der Waals surface area (Å²) in [5.41, 5.74) is 2.05. The summed E-state index contributed by atoms with van der Waals surface area (Å²) in [5.74, 6) is -0.0645. The molecule has 1 aliphatic heterocycles. The van der Waals surface area contributed by atoms with Crippen molar-refractivity contribution in [3.8, 4) is 11.5 Å². The van der Waals surface area contributed by atoms with Gasteiger partial charge < -0.3 is 19.8 Å². The molecule has 0 radical (unpaired) electrons. The van der Waals surface area contributed by atoms with Gasteiger partial charge in [0.15, 0.2) is 11.5 Å². The minimum atomic E-state index is -0.515. The van der Waals surface area contributed by atoms with Crippen molar-refractivity contribution < 1.29 is 19.7 Å². The number of carbonyl (C=O) groups excluding carboxylic acids is 1. The maximum atomic E-state index is 12.2. The first kappa shape index (κ1) is 22.7. The van der Waals surface area contributed by atoms with Crippen molar-refractivity contribution in [1.82, 2.24) is 4.90 Å². The van der Waals surface area contributed by atoms with Crippen LogP contribution in [0, 0.1) is 12.8 Å². The third kappa shape index (κ3) is 4.22. The Morgan fingerprint density at radius 1 is 1.30 bits per heavy atom. The molecular weight excluding hydrogens is 378 g/mol. The Kier molecular flexibility index (Phi) is 6.24. The monoisotopic (exact) mass is 415 g/mol. The van der Waals surface area contributed by atoms with Crippen LogP contribution in [0.2, 0.25) is 0 Å². The molecule has 0 amide bonds. The number of hydrogen-bond donors (Lipinski definition) is 2. The first-order valence-corrected chi connectivity index (χ1v) is 11.1. The van der Waals surface area contributed by atoms with Crippen molar-refractivity contribution in [2.75, 3.05) is 13.6 Å². The molecule has 3 rings (SSSR count). The number of nitrogens with zero attached hydrogens (tertiary/aromatic N) is 1. The summed E-state index contributed by atoms with van der Waals surface area (Å²) in [6.07, 6.45) is 8.13. The Morgan fingerprint density at radius 2 is 2.00 bits per heavy atom. The number of rotatable bonds is 4. The number of allylic oxidation sites excluding steroid dienone is 1. The van der Waals surface area contributed by atoms with Crippen LogP contribution in [0.5, 0.6) is 11.5 Å². The van der Waals surface area contributed by atoms with E-state index in [1.807, 2.05) is 27.7 Å². The van der Waals surface area contributed by atoms with Crippen LogP contribution in [0.1, 0.15) is 70.1 Å². The van der Waals surface area contributed by atoms with Gasteiger partial charge in [-0.3, -0.25) is 4.79 Å². The molecule has 0 bridgehead atoms. The second kappa shape index (κ2) is 8.26. The molecule has 3 atom stereocenters. The van der Waals surface area contributed by atoms with E-state index in [2.05, 4.69) is 31.0 Å². The van der Waals surface area contributed by atoms with Gasteiger partial charge in [0.2, 0.25) is 0 Å². The van der Waals surface area contributed by atoms with Crippen LogP contribution in [0.25, 0.3) is 0 Å². The number of phenolic OH excluding ortho intramolecular Hbond substituents is 2. The second-order valence-electron chi connectivity index (χ2n) is 10.1. The van der Waals surface area contributed by atoms with Gasteiger partial charge >= 0.3 is 5.97 Å². The molecule has 30 heavy (non-hydrogen) atoms. The highest BCUT2D eigenvalue weighted by molar-refractivity contribution is 5.70. The van der Waals surface area contributed by atoms with Crippen molar-refractivity contribution in [2.45, 2.75) is 83.8 Å². The van der Waals surface area contributed by atoms with Crippen molar-refractivity contribution in [1.29, 1.82) is 0 Å². The number of esters is 1. The van der Waals surface area contributed by atoms with Crippen molar-refractivity contribution in [2.24, 2.45) is 5.92 Å². The molecule has 2 N–H and O–H groups in total. The number of fused-ring (bicyclic) bond motifs is 1. The molecular formula is C25H37NO4. The standard InChI is InChI=1S/C25H37NO4/c1-16-18(10-11-21(28)30-24(3,4)5)15-20(27)23(29)22(16)25-12-8-7-9-19(25)17(2)26(6)14-13-25/h7,9,15,17,19,27,29H,8,10-14H2,1-6H3/t17?,19?,25-/m1/s1. The maximum Gasteiger partial charge on any atom is 0.306 e. The normalized spacial score (nSPS) is 27.0. The summed E-state index contributed by atoms with van der Waals surface area (Å²) in [5, 5.41) is 21.6. The van der Waals surface area contributed by atoms with Gasteiger partial charge in [-0.05, 0) is 91.1 Å². The average molecular weight is 416 g/mol. The Bertz CT molecular complexity index is 839. The summed E-state index contributed by atoms with van der Waals surface area (Å²) < 4.78 is 5.44. The molecule has 1 aliphatic carbocycles. The summed E-state index contributed by atoms with van der Waals surface area (Å²) >= 11 is 0. The van der Waals surface area contributed by atoms with E-state index in [1.54, 1.807) is 6.07 Å². The predicted octanol–water partition coefficient (Wildman–Crippen LogP) is 4.61. The van der Waals surface area contributed by atoms with Crippen LogP contribution in [0.3, 0.4) is 0 Å². The van der Waals surface area contributed by atoms with E-state index in [4.69, 9.17) is 4.74 Å². The lowest BCUT2D eigenvalue weighted by Gasteiger charge is -2.52. The highest BCUT2D eigenvalue weighted by Gasteiger charge is 2.49. The first-order valence-electron chi connectivity index (χ1n) is 11.1. The minimum Gasteiger partial charge on any atom is -0.504 e. The lowest BCUT2D eigenvalue weighted by Crippen LogP contribution is -2.54. The fourth-order valence-corrected chi connectivity index (χ4v) is 5.43. The van der Waals surface area contributed by atoms with Gasteiger partial charge in [0, 0.05) is 29.4 Å². The zero-order chi connectivity index (χ0) is 22.3. The fourth-order valence-electron chi connectivity index (χ4n) is 5.43. The van der Waals surface area contributed by atoms with Crippen LogP contribution in [-0.2, 0) is 21.4 Å². The van der Waals surface area contributed by atoms with Crippen molar-refractivity contribution in [3.05, 3.63) is 34.9 Å². The molecule has 2 aliphatic rings. The molecule has 0 aromatic heterocycles. The van der Waals surface area contributed by atoms with Gasteiger partial charge in [0.1, 0.15) is 5.60 Å². The number of benzene rings is 1. The number of phenols is 2. The molecule has 1 aromatic carbocycles. The Labute approximate surface area is 180 Å². The number of ether oxygens (including phenoxy) is 1. The van der Waals surface area contributed by atoms with Gasteiger partial charge in [-0.25, -0.2) is 0 Å². The molecule has 0 saturated carbocycles. The summed E-state index contributed by atoms with van der Waals surface area (Å²) in [7, 11) is 2.15. The Balaban J connectivity index is 1.99. The molecule has 5 nitrogen and oxygen atoms in total. The first-order chi connectivity index (χ1) is 14.0. The van der Waals surface area contributed by atoms with Crippen LogP contribution >= 0.6 is 0 Å². The second-order valence-corrected chi connectivity index (χ2v) is 10.1. The highest BCUT2D eigenvalue weighted by Crippen LogP contribution is 2.54. The molecule has 166 valence electrons. The van der Waals surface area contributed by atoms with E-state index in [0.29, 0.717) is 12.5 Å². The topological polar surface area (TPSA) is 70.0 Å². The molecule has 1 heterocycles. The zero-order valence-electron chi connectivity index (χ0n) is 19.3. The lowest BCUT2D eigenvalue weighted by molar-refractivity contribution is -0.154. The van der Waals surface area contributed by atoms with E-state index in [-0.39, 0.29) is 35.2 Å². The van der Waals surface area contributed by atoms with E-state index in [9.17, 15) is 15.0 Å². The molecule has 1 aromatic rings. The fraction of sp³-hybridized carbons (Fsp3) is 0.640. The van der Waals surface area contributed by atoms with Gasteiger partial charge in [-0.1, -0.05) is 12.2 Å². The van der Waals surface area contributed by atoms with Crippen LogP contribution in [0.15, 0.2) is 18.2 Å². The van der Waals surface area contributed by atoms with Gasteiger partial charge in [-0.2, -0.15) is 0 Å². The third-order valence-electron chi connectivity index (χ3n) is 7.03. The van der Waals surface area contributed by atoms with Gasteiger partial charge in [0.25, 0.3) is 0 Å². The van der Waals surface area contributed by atoms with E-state index in [0.717, 1.165) is 42.5 Å². The molecule has 5 heteroatoms. The molecule has 1 saturated heterocycles. The smallest absolute Gasteiger partial charge is 0.306 e. The Hall–Kier alpha value is -2.01. The van der Waals surface area contributed by atoms with Crippen LogP contribution in [-0.4, -0.2) is 46.3 Å². The summed E-state index contributed by atoms with van der Waals surface area (Å²) in [4.78, 5) is 14.6. The van der Waals surface area contributed by atoms with Crippen LogP contribution in [0.4, 0.5) is 0 Å². The van der Waals surface area contributed by atoms with Crippen LogP contribution < -0.4 is 0 Å². The largest absolute Gasteiger partial charge is 0.504 e. The van der Waals surface area contributed by atoms with E-state index in [1.165, 1.54) is 0 Å². The minimum absolute atomic E-state index is 0.00516. The lowest BCUT2D eigenvalue weighted by atomic mass is 9.58. The van der Waals surface area contributed by atoms with Crippen molar-refractivity contribution in [3.63, 3.8) is 0 Å². The molecule has 1 fully saturated rings. The highest BCUT2D eigenvalue weighted by atomic mass is 16.6. The quantitative estimate of drug-likeness (QED) is 0.427. The van der Waals surface area contributed by atoms with Gasteiger partial charge in [-0.15, -0.1) is 0 Å². The summed E-state index contributed by atoms with van der Waals surface area (Å²) in [6, 6.07) is 1.96.